The molecule has 1 unspecified atom stereocenters. The van der Waals surface area contributed by atoms with E-state index in [0.717, 1.165) is 5.56 Å². The summed E-state index contributed by atoms with van der Waals surface area (Å²) in [7, 11) is -1.89. The fraction of sp³-hybridized carbons (Fsp3) is 0.571. The van der Waals surface area contributed by atoms with Crippen LogP contribution in [0.15, 0.2) is 30.3 Å². The first-order chi connectivity index (χ1) is 9.51. The molecule has 0 amide bonds. The van der Waals surface area contributed by atoms with Crippen LogP contribution in [0.1, 0.15) is 18.4 Å². The van der Waals surface area contributed by atoms with E-state index in [0.29, 0.717) is 6.61 Å². The summed E-state index contributed by atoms with van der Waals surface area (Å²) in [6, 6.07) is 9.54. The molecule has 0 aliphatic rings. The van der Waals surface area contributed by atoms with Crippen LogP contribution < -0.4 is 0 Å². The van der Waals surface area contributed by atoms with Gasteiger partial charge < -0.3 is 9.84 Å². The van der Waals surface area contributed by atoms with Gasteiger partial charge in [0.1, 0.15) is 0 Å². The zero-order chi connectivity index (χ0) is 15.0. The molecule has 0 saturated carbocycles. The number of hydrogen-bond acceptors (Lipinski definition) is 4. The Labute approximate surface area is 121 Å². The number of aliphatic hydroxyl groups is 1. The lowest BCUT2D eigenvalue weighted by Gasteiger charge is -2.23. The predicted octanol–water partition coefficient (Wildman–Crippen LogP) is 1.06. The summed E-state index contributed by atoms with van der Waals surface area (Å²) < 4.78 is 30.9. The average Bonchev–Trinajstić information content (AvgIpc) is 2.43. The number of ether oxygens (including phenoxy) is 1. The second kappa shape index (κ2) is 8.36. The zero-order valence-electron chi connectivity index (χ0n) is 12.0. The van der Waals surface area contributed by atoms with Crippen molar-refractivity contribution in [3.8, 4) is 0 Å². The van der Waals surface area contributed by atoms with E-state index < -0.39 is 10.0 Å². The quantitative estimate of drug-likeness (QED) is 0.740. The summed E-state index contributed by atoms with van der Waals surface area (Å²) in [5.74, 6) is -0.0642. The number of benzene rings is 1. The van der Waals surface area contributed by atoms with Gasteiger partial charge in [0.2, 0.25) is 10.0 Å². The molecule has 0 aliphatic carbocycles. The van der Waals surface area contributed by atoms with Gasteiger partial charge in [-0.3, -0.25) is 0 Å². The van der Waals surface area contributed by atoms with Crippen LogP contribution in [0.3, 0.4) is 0 Å². The van der Waals surface area contributed by atoms with Crippen molar-refractivity contribution in [2.45, 2.75) is 12.8 Å². The van der Waals surface area contributed by atoms with Crippen LogP contribution in [0.5, 0.6) is 0 Å². The molecule has 5 nitrogen and oxygen atoms in total. The maximum atomic E-state index is 12.4. The van der Waals surface area contributed by atoms with E-state index in [1.54, 1.807) is 0 Å². The lowest BCUT2D eigenvalue weighted by atomic mass is 10.0. The van der Waals surface area contributed by atoms with Crippen LogP contribution in [-0.2, 0) is 14.8 Å². The van der Waals surface area contributed by atoms with Gasteiger partial charge in [-0.15, -0.1) is 0 Å². The Bertz CT molecular complexity index is 475. The number of methoxy groups -OCH3 is 1. The maximum Gasteiger partial charge on any atom is 0.214 e. The summed E-state index contributed by atoms with van der Waals surface area (Å²) in [5.41, 5.74) is 0.992. The van der Waals surface area contributed by atoms with Crippen LogP contribution in [0.25, 0.3) is 0 Å². The van der Waals surface area contributed by atoms with E-state index in [1.165, 1.54) is 11.4 Å². The van der Waals surface area contributed by atoms with Crippen LogP contribution in [0.4, 0.5) is 0 Å². The molecule has 20 heavy (non-hydrogen) atoms. The van der Waals surface area contributed by atoms with Crippen molar-refractivity contribution >= 4 is 10.0 Å². The summed E-state index contributed by atoms with van der Waals surface area (Å²) >= 11 is 0. The number of rotatable bonds is 9. The van der Waals surface area contributed by atoms with E-state index in [4.69, 9.17) is 9.84 Å². The minimum absolute atomic E-state index is 0.0285. The summed E-state index contributed by atoms with van der Waals surface area (Å²) in [6.07, 6.45) is 0. The first-order valence-corrected chi connectivity index (χ1v) is 8.24. The fourth-order valence-corrected chi connectivity index (χ4v) is 3.74. The van der Waals surface area contributed by atoms with Crippen molar-refractivity contribution in [2.24, 2.45) is 0 Å². The molecule has 0 spiro atoms. The van der Waals surface area contributed by atoms with E-state index in [-0.39, 0.29) is 31.4 Å². The Morgan fingerprint density at radius 1 is 1.25 bits per heavy atom. The lowest BCUT2D eigenvalue weighted by molar-refractivity contribution is 0.168. The molecule has 0 radical (unpaired) electrons. The summed E-state index contributed by atoms with van der Waals surface area (Å²) in [4.78, 5) is 0. The van der Waals surface area contributed by atoms with Gasteiger partial charge in [-0.1, -0.05) is 37.3 Å². The Morgan fingerprint density at radius 2 is 1.90 bits per heavy atom. The average molecular weight is 301 g/mol. The van der Waals surface area contributed by atoms with Gasteiger partial charge in [0.25, 0.3) is 0 Å². The minimum Gasteiger partial charge on any atom is -0.395 e. The third kappa shape index (κ3) is 5.20. The molecule has 1 aromatic rings. The molecule has 114 valence electrons. The van der Waals surface area contributed by atoms with Gasteiger partial charge in [-0.2, -0.15) is 4.31 Å². The third-order valence-electron chi connectivity index (χ3n) is 3.12. The van der Waals surface area contributed by atoms with E-state index in [9.17, 15) is 8.42 Å². The van der Waals surface area contributed by atoms with Gasteiger partial charge in [0.05, 0.1) is 19.0 Å². The van der Waals surface area contributed by atoms with E-state index in [2.05, 4.69) is 0 Å². The van der Waals surface area contributed by atoms with Crippen LogP contribution >= 0.6 is 0 Å². The Morgan fingerprint density at radius 3 is 2.45 bits per heavy atom. The molecule has 1 N–H and O–H groups in total. The first-order valence-electron chi connectivity index (χ1n) is 6.64. The molecule has 0 heterocycles. The van der Waals surface area contributed by atoms with Crippen molar-refractivity contribution in [3.63, 3.8) is 0 Å². The zero-order valence-corrected chi connectivity index (χ0v) is 12.8. The van der Waals surface area contributed by atoms with Gasteiger partial charge in [-0.05, 0) is 11.5 Å². The molecule has 6 heteroatoms. The molecule has 0 fully saturated rings. The van der Waals surface area contributed by atoms with Crippen molar-refractivity contribution in [1.29, 1.82) is 0 Å². The topological polar surface area (TPSA) is 66.8 Å². The number of nitrogens with zero attached hydrogens (tertiary/aromatic N) is 1. The largest absolute Gasteiger partial charge is 0.395 e. The predicted molar refractivity (Wildman–Crippen MR) is 79.2 cm³/mol. The Hall–Kier alpha value is -0.950. The highest BCUT2D eigenvalue weighted by Crippen LogP contribution is 2.18. The highest BCUT2D eigenvalue weighted by atomic mass is 32.2. The SMILES string of the molecule is COCCN(CCO)S(=O)(=O)CC(C)c1ccccc1. The Kier molecular flexibility index (Phi) is 7.15. The van der Waals surface area contributed by atoms with Crippen LogP contribution in [0.2, 0.25) is 0 Å². The Balaban J connectivity index is 2.75. The highest BCUT2D eigenvalue weighted by Gasteiger charge is 2.24. The molecular formula is C14H23NO4S. The summed E-state index contributed by atoms with van der Waals surface area (Å²) in [6.45, 7) is 2.38. The molecular weight excluding hydrogens is 278 g/mol. The number of aliphatic hydroxyl groups excluding tert-OH is 1. The fourth-order valence-electron chi connectivity index (χ4n) is 1.99. The van der Waals surface area contributed by atoms with E-state index in [1.807, 2.05) is 37.3 Å². The molecule has 1 aromatic carbocycles. The summed E-state index contributed by atoms with van der Waals surface area (Å²) in [5, 5.41) is 9.00. The molecule has 0 saturated heterocycles. The van der Waals surface area contributed by atoms with Gasteiger partial charge >= 0.3 is 0 Å². The second-order valence-corrected chi connectivity index (χ2v) is 6.72. The monoisotopic (exact) mass is 301 g/mol. The van der Waals surface area contributed by atoms with Gasteiger partial charge in [-0.25, -0.2) is 8.42 Å². The maximum absolute atomic E-state index is 12.4. The first kappa shape index (κ1) is 17.1. The van der Waals surface area contributed by atoms with Gasteiger partial charge in [0.15, 0.2) is 0 Å². The van der Waals surface area contributed by atoms with Gasteiger partial charge in [0, 0.05) is 20.2 Å². The third-order valence-corrected chi connectivity index (χ3v) is 5.19. The smallest absolute Gasteiger partial charge is 0.214 e. The molecule has 1 rings (SSSR count). The van der Waals surface area contributed by atoms with Crippen LogP contribution in [-0.4, -0.2) is 57.0 Å². The highest BCUT2D eigenvalue weighted by molar-refractivity contribution is 7.89. The van der Waals surface area contributed by atoms with Crippen LogP contribution in [0, 0.1) is 0 Å². The van der Waals surface area contributed by atoms with E-state index >= 15 is 0 Å². The second-order valence-electron chi connectivity index (χ2n) is 4.71. The van der Waals surface area contributed by atoms with Crippen molar-refractivity contribution in [1.82, 2.24) is 4.31 Å². The number of sulfonamides is 1. The minimum atomic E-state index is -3.41. The van der Waals surface area contributed by atoms with Crippen molar-refractivity contribution < 1.29 is 18.3 Å². The van der Waals surface area contributed by atoms with Crippen molar-refractivity contribution in [3.05, 3.63) is 35.9 Å². The normalized spacial score (nSPS) is 13.6. The van der Waals surface area contributed by atoms with Crippen molar-refractivity contribution in [2.75, 3.05) is 39.2 Å². The number of hydrogen-bond donors (Lipinski definition) is 1. The molecule has 0 bridgehead atoms. The molecule has 0 aromatic heterocycles. The standard InChI is InChI=1S/C14H23NO4S/c1-13(14-6-4-3-5-7-14)12-20(17,18)15(8-10-16)9-11-19-2/h3-7,13,16H,8-12H2,1-2H3. The molecule has 1 atom stereocenters. The molecule has 0 aliphatic heterocycles. The lowest BCUT2D eigenvalue weighted by Crippen LogP contribution is -2.38.